The molecule has 2 aromatic carbocycles. The van der Waals surface area contributed by atoms with Gasteiger partial charge in [-0.25, -0.2) is 4.79 Å². The van der Waals surface area contributed by atoms with Gasteiger partial charge in [-0.05, 0) is 48.4 Å². The van der Waals surface area contributed by atoms with Crippen LogP contribution >= 0.6 is 15.9 Å². The second-order valence-corrected chi connectivity index (χ2v) is 7.05. The predicted octanol–water partition coefficient (Wildman–Crippen LogP) is 4.99. The minimum atomic E-state index is -0.505. The zero-order valence-corrected chi connectivity index (χ0v) is 16.4. The van der Waals surface area contributed by atoms with Crippen molar-refractivity contribution in [3.63, 3.8) is 0 Å². The van der Waals surface area contributed by atoms with Crippen LogP contribution in [-0.4, -0.2) is 16.7 Å². The molecule has 0 saturated carbocycles. The van der Waals surface area contributed by atoms with E-state index in [1.165, 1.54) is 12.4 Å². The fraction of sp³-hybridized carbons (Fsp3) is 0.0455. The van der Waals surface area contributed by atoms with Crippen LogP contribution in [0.4, 0.5) is 0 Å². The van der Waals surface area contributed by atoms with Gasteiger partial charge >= 0.3 is 5.97 Å². The lowest BCUT2D eigenvalue weighted by atomic mass is 10.0. The highest BCUT2D eigenvalue weighted by atomic mass is 79.9. The minimum absolute atomic E-state index is 0.199. The van der Waals surface area contributed by atoms with Crippen molar-refractivity contribution in [2.24, 2.45) is 0 Å². The number of esters is 1. The first-order valence-corrected chi connectivity index (χ1v) is 9.28. The van der Waals surface area contributed by atoms with Gasteiger partial charge in [0.25, 0.3) is 0 Å². The second kappa shape index (κ2) is 7.40. The summed E-state index contributed by atoms with van der Waals surface area (Å²) in [6.45, 7) is 1.78. The molecule has 5 nitrogen and oxygen atoms in total. The van der Waals surface area contributed by atoms with Crippen molar-refractivity contribution in [3.8, 4) is 11.5 Å². The van der Waals surface area contributed by atoms with E-state index < -0.39 is 5.97 Å². The zero-order chi connectivity index (χ0) is 19.7. The number of aryl methyl sites for hydroxylation is 1. The second-order valence-electron chi connectivity index (χ2n) is 6.20. The van der Waals surface area contributed by atoms with E-state index in [1.807, 2.05) is 24.3 Å². The summed E-state index contributed by atoms with van der Waals surface area (Å²) < 4.78 is 12.1. The van der Waals surface area contributed by atoms with E-state index in [1.54, 1.807) is 37.3 Å². The van der Waals surface area contributed by atoms with E-state index in [0.717, 1.165) is 10.0 Å². The first-order chi connectivity index (χ1) is 13.5. The molecule has 0 N–H and O–H groups in total. The molecular weight excluding hydrogens is 422 g/mol. The molecule has 0 bridgehead atoms. The Hall–Kier alpha value is -3.25. The first-order valence-electron chi connectivity index (χ1n) is 8.48. The van der Waals surface area contributed by atoms with Gasteiger partial charge in [0.15, 0.2) is 5.76 Å². The first kappa shape index (κ1) is 18.1. The third kappa shape index (κ3) is 3.46. The SMILES string of the molecule is Cc1cc(OC(=O)c2ccncc2)cc2c1C(=O)/C(=C/c1ccccc1Br)O2. The predicted molar refractivity (Wildman–Crippen MR) is 107 cm³/mol. The highest BCUT2D eigenvalue weighted by Gasteiger charge is 2.30. The maximum atomic E-state index is 12.8. The average molecular weight is 436 g/mol. The number of benzene rings is 2. The summed E-state index contributed by atoms with van der Waals surface area (Å²) in [5.74, 6) is 0.210. The van der Waals surface area contributed by atoms with Crippen LogP contribution in [0.15, 0.2) is 71.2 Å². The maximum Gasteiger partial charge on any atom is 0.343 e. The molecule has 0 saturated heterocycles. The molecule has 1 aromatic heterocycles. The van der Waals surface area contributed by atoms with Gasteiger partial charge < -0.3 is 9.47 Å². The molecule has 0 unspecified atom stereocenters. The molecule has 3 aromatic rings. The number of carbonyl (C=O) groups is 2. The van der Waals surface area contributed by atoms with E-state index in [4.69, 9.17) is 9.47 Å². The lowest BCUT2D eigenvalue weighted by Gasteiger charge is -2.07. The van der Waals surface area contributed by atoms with Crippen LogP contribution in [0.2, 0.25) is 0 Å². The standard InChI is InChI=1S/C22H14BrNO4/c1-13-10-16(27-22(26)14-6-8-24-9-7-14)12-18-20(13)21(25)19(28-18)11-15-4-2-3-5-17(15)23/h2-12H,1H3/b19-11-. The molecular formula is C22H14BrNO4. The number of fused-ring (bicyclic) bond motifs is 1. The molecule has 138 valence electrons. The molecule has 0 atom stereocenters. The zero-order valence-electron chi connectivity index (χ0n) is 14.8. The Balaban J connectivity index is 1.63. The summed E-state index contributed by atoms with van der Waals surface area (Å²) in [4.78, 5) is 28.9. The van der Waals surface area contributed by atoms with E-state index in [-0.39, 0.29) is 11.5 Å². The number of allylic oxidation sites excluding steroid dienone is 1. The third-order valence-corrected chi connectivity index (χ3v) is 4.98. The number of pyridine rings is 1. The molecule has 1 aliphatic rings. The number of rotatable bonds is 3. The number of aromatic nitrogens is 1. The van der Waals surface area contributed by atoms with Crippen molar-refractivity contribution in [3.05, 3.63) is 93.4 Å². The lowest BCUT2D eigenvalue weighted by molar-refractivity contribution is 0.0734. The number of hydrogen-bond donors (Lipinski definition) is 0. The quantitative estimate of drug-likeness (QED) is 0.329. The molecule has 0 radical (unpaired) electrons. The van der Waals surface area contributed by atoms with Gasteiger partial charge in [-0.1, -0.05) is 34.1 Å². The van der Waals surface area contributed by atoms with Gasteiger partial charge in [0.2, 0.25) is 5.78 Å². The highest BCUT2D eigenvalue weighted by molar-refractivity contribution is 9.10. The Bertz CT molecular complexity index is 1120. The van der Waals surface area contributed by atoms with Crippen LogP contribution in [0, 0.1) is 6.92 Å². The number of halogens is 1. The van der Waals surface area contributed by atoms with Crippen LogP contribution < -0.4 is 9.47 Å². The van der Waals surface area contributed by atoms with Gasteiger partial charge in [0.1, 0.15) is 11.5 Å². The summed E-state index contributed by atoms with van der Waals surface area (Å²) in [7, 11) is 0. The summed E-state index contributed by atoms with van der Waals surface area (Å²) in [6, 6.07) is 13.9. The Morgan fingerprint density at radius 2 is 1.89 bits per heavy atom. The molecule has 0 spiro atoms. The van der Waals surface area contributed by atoms with Crippen molar-refractivity contribution in [1.29, 1.82) is 0 Å². The monoisotopic (exact) mass is 435 g/mol. The summed E-state index contributed by atoms with van der Waals surface area (Å²) in [5.41, 5.74) is 2.37. The topological polar surface area (TPSA) is 65.5 Å². The molecule has 0 fully saturated rings. The van der Waals surface area contributed by atoms with Gasteiger partial charge in [-0.15, -0.1) is 0 Å². The number of ketones is 1. The summed E-state index contributed by atoms with van der Waals surface area (Å²) in [5, 5.41) is 0. The van der Waals surface area contributed by atoms with Crippen molar-refractivity contribution < 1.29 is 19.1 Å². The van der Waals surface area contributed by atoms with Crippen molar-refractivity contribution in [2.75, 3.05) is 0 Å². The van der Waals surface area contributed by atoms with Gasteiger partial charge in [-0.3, -0.25) is 9.78 Å². The van der Waals surface area contributed by atoms with Gasteiger partial charge in [0.05, 0.1) is 11.1 Å². The summed E-state index contributed by atoms with van der Waals surface area (Å²) >= 11 is 3.46. The van der Waals surface area contributed by atoms with E-state index in [2.05, 4.69) is 20.9 Å². The van der Waals surface area contributed by atoms with Crippen molar-refractivity contribution >= 4 is 33.8 Å². The Kier molecular flexibility index (Phi) is 4.79. The normalized spacial score (nSPS) is 13.9. The largest absolute Gasteiger partial charge is 0.452 e. The number of carbonyl (C=O) groups excluding carboxylic acids is 2. The lowest BCUT2D eigenvalue weighted by Crippen LogP contribution is -2.08. The number of hydrogen-bond acceptors (Lipinski definition) is 5. The van der Waals surface area contributed by atoms with E-state index in [0.29, 0.717) is 28.2 Å². The smallest absolute Gasteiger partial charge is 0.343 e. The number of ether oxygens (including phenoxy) is 2. The Labute approximate surface area is 169 Å². The fourth-order valence-corrected chi connectivity index (χ4v) is 3.32. The van der Waals surface area contributed by atoms with Crippen molar-refractivity contribution in [2.45, 2.75) is 6.92 Å². The summed E-state index contributed by atoms with van der Waals surface area (Å²) in [6.07, 6.45) is 4.73. The number of Topliss-reactive ketones (excluding diaryl/α,β-unsaturated/α-hetero) is 1. The van der Waals surface area contributed by atoms with Crippen LogP contribution in [0.5, 0.6) is 11.5 Å². The molecule has 28 heavy (non-hydrogen) atoms. The molecule has 0 amide bonds. The van der Waals surface area contributed by atoms with Crippen LogP contribution in [0.3, 0.4) is 0 Å². The molecule has 4 rings (SSSR count). The minimum Gasteiger partial charge on any atom is -0.452 e. The van der Waals surface area contributed by atoms with Crippen LogP contribution in [0.1, 0.15) is 31.8 Å². The molecule has 0 aliphatic carbocycles. The highest BCUT2D eigenvalue weighted by Crippen LogP contribution is 2.38. The third-order valence-electron chi connectivity index (χ3n) is 4.26. The fourth-order valence-electron chi connectivity index (χ4n) is 2.92. The number of nitrogens with zero attached hydrogens (tertiary/aromatic N) is 1. The van der Waals surface area contributed by atoms with E-state index in [9.17, 15) is 9.59 Å². The average Bonchev–Trinajstić information content (AvgIpc) is 3.00. The van der Waals surface area contributed by atoms with Gasteiger partial charge in [0, 0.05) is 22.9 Å². The Morgan fingerprint density at radius 3 is 2.64 bits per heavy atom. The van der Waals surface area contributed by atoms with Gasteiger partial charge in [-0.2, -0.15) is 0 Å². The Morgan fingerprint density at radius 1 is 1.14 bits per heavy atom. The molecule has 2 heterocycles. The molecule has 6 heteroatoms. The molecule has 1 aliphatic heterocycles. The van der Waals surface area contributed by atoms with E-state index >= 15 is 0 Å². The van der Waals surface area contributed by atoms with Crippen LogP contribution in [-0.2, 0) is 0 Å². The maximum absolute atomic E-state index is 12.8. The van der Waals surface area contributed by atoms with Crippen LogP contribution in [0.25, 0.3) is 6.08 Å². The van der Waals surface area contributed by atoms with Crippen molar-refractivity contribution in [1.82, 2.24) is 4.98 Å².